The standard InChI is InChI=1S/C22H29N3O4S.C6H6/c1-16-15-20(9-12-23-16)19-7-5-18(6-8-19)17(2)25-14-11-21(29-22(25)26)10-13-24(3)30(4,27)28;1-2-4-6-5-3-1/h5-9,12,15,17,21H,10-11,13-14H2,1-4H3;1-6H/t17-,21+;/m0./s1. The van der Waals surface area contributed by atoms with Crippen molar-refractivity contribution in [3.8, 4) is 11.1 Å². The number of amides is 1. The highest BCUT2D eigenvalue weighted by molar-refractivity contribution is 7.88. The van der Waals surface area contributed by atoms with Crippen molar-refractivity contribution in [1.29, 1.82) is 0 Å². The Kier molecular flexibility index (Phi) is 9.61. The van der Waals surface area contributed by atoms with Crippen LogP contribution in [0.3, 0.4) is 0 Å². The van der Waals surface area contributed by atoms with E-state index in [-0.39, 0.29) is 18.2 Å². The zero-order valence-electron chi connectivity index (χ0n) is 21.4. The number of cyclic esters (lactones) is 1. The molecule has 1 aliphatic heterocycles. The number of hydrogen-bond acceptors (Lipinski definition) is 5. The average Bonchev–Trinajstić information content (AvgIpc) is 2.88. The maximum Gasteiger partial charge on any atom is 0.410 e. The molecule has 1 aliphatic rings. The summed E-state index contributed by atoms with van der Waals surface area (Å²) in [5.74, 6) is 0. The molecule has 0 spiro atoms. The third kappa shape index (κ3) is 7.90. The van der Waals surface area contributed by atoms with Crippen LogP contribution in [0.15, 0.2) is 79.0 Å². The predicted molar refractivity (Wildman–Crippen MR) is 143 cm³/mol. The van der Waals surface area contributed by atoms with Gasteiger partial charge in [0.05, 0.1) is 12.3 Å². The number of carbonyl (C=O) groups is 1. The number of benzene rings is 2. The quantitative estimate of drug-likeness (QED) is 0.432. The van der Waals surface area contributed by atoms with E-state index in [1.165, 1.54) is 17.6 Å². The second-order valence-electron chi connectivity index (χ2n) is 9.00. The topological polar surface area (TPSA) is 79.8 Å². The van der Waals surface area contributed by atoms with Crippen molar-refractivity contribution in [2.45, 2.75) is 38.8 Å². The van der Waals surface area contributed by atoms with Crippen LogP contribution in [0, 0.1) is 6.92 Å². The number of sulfonamides is 1. The SMILES string of the molecule is Cc1cc(-c2ccc([C@H](C)N3CC[C@@H](CCN(C)S(C)(=O)=O)OC3=O)cc2)ccn1.c1ccccc1. The molecule has 0 radical (unpaired) electrons. The molecule has 2 aromatic carbocycles. The first kappa shape index (κ1) is 27.4. The van der Waals surface area contributed by atoms with E-state index in [4.69, 9.17) is 4.74 Å². The van der Waals surface area contributed by atoms with Crippen molar-refractivity contribution in [2.24, 2.45) is 0 Å². The smallest absolute Gasteiger partial charge is 0.410 e. The van der Waals surface area contributed by atoms with E-state index < -0.39 is 10.0 Å². The summed E-state index contributed by atoms with van der Waals surface area (Å²) in [5.41, 5.74) is 4.23. The minimum Gasteiger partial charge on any atom is -0.446 e. The molecule has 0 unspecified atom stereocenters. The molecule has 4 rings (SSSR count). The van der Waals surface area contributed by atoms with Crippen molar-refractivity contribution < 1.29 is 17.9 Å². The highest BCUT2D eigenvalue weighted by Gasteiger charge is 2.31. The number of aromatic nitrogens is 1. The summed E-state index contributed by atoms with van der Waals surface area (Å²) in [5, 5.41) is 0. The van der Waals surface area contributed by atoms with E-state index in [9.17, 15) is 13.2 Å². The van der Waals surface area contributed by atoms with Gasteiger partial charge in [0.25, 0.3) is 0 Å². The first-order chi connectivity index (χ1) is 17.1. The zero-order valence-corrected chi connectivity index (χ0v) is 22.2. The summed E-state index contributed by atoms with van der Waals surface area (Å²) >= 11 is 0. The fraction of sp³-hybridized carbons (Fsp3) is 0.357. The van der Waals surface area contributed by atoms with Gasteiger partial charge in [-0.2, -0.15) is 0 Å². The van der Waals surface area contributed by atoms with Crippen molar-refractivity contribution in [3.05, 3.63) is 90.3 Å². The van der Waals surface area contributed by atoms with Gasteiger partial charge in [-0.25, -0.2) is 17.5 Å². The van der Waals surface area contributed by atoms with Gasteiger partial charge in [0.2, 0.25) is 10.0 Å². The largest absolute Gasteiger partial charge is 0.446 e. The number of hydrogen-bond donors (Lipinski definition) is 0. The molecule has 3 aromatic rings. The van der Waals surface area contributed by atoms with Crippen molar-refractivity contribution in [1.82, 2.24) is 14.2 Å². The van der Waals surface area contributed by atoms with Gasteiger partial charge in [-0.05, 0) is 49.1 Å². The first-order valence-electron chi connectivity index (χ1n) is 12.1. The molecule has 1 saturated heterocycles. The molecular formula is C28H35N3O4S. The summed E-state index contributed by atoms with van der Waals surface area (Å²) < 4.78 is 29.9. The zero-order chi connectivity index (χ0) is 26.1. The number of ether oxygens (including phenoxy) is 1. The monoisotopic (exact) mass is 509 g/mol. The van der Waals surface area contributed by atoms with Gasteiger partial charge in [-0.3, -0.25) is 4.98 Å². The van der Waals surface area contributed by atoms with E-state index in [1.54, 1.807) is 11.1 Å². The molecule has 1 aromatic heterocycles. The highest BCUT2D eigenvalue weighted by Crippen LogP contribution is 2.28. The summed E-state index contributed by atoms with van der Waals surface area (Å²) in [6, 6.07) is 24.1. The Morgan fingerprint density at radius 2 is 1.67 bits per heavy atom. The van der Waals surface area contributed by atoms with Crippen molar-refractivity contribution in [2.75, 3.05) is 26.4 Å². The van der Waals surface area contributed by atoms with E-state index in [1.807, 2.05) is 74.5 Å². The Morgan fingerprint density at radius 1 is 1.06 bits per heavy atom. The summed E-state index contributed by atoms with van der Waals surface area (Å²) in [6.45, 7) is 4.87. The minimum atomic E-state index is -3.22. The molecule has 2 heterocycles. The lowest BCUT2D eigenvalue weighted by molar-refractivity contribution is 0.00888. The van der Waals surface area contributed by atoms with Crippen LogP contribution in [0.25, 0.3) is 11.1 Å². The molecule has 0 bridgehead atoms. The van der Waals surface area contributed by atoms with Crippen LogP contribution in [0.1, 0.15) is 37.1 Å². The number of carbonyl (C=O) groups excluding carboxylic acids is 1. The van der Waals surface area contributed by atoms with Crippen LogP contribution in [-0.4, -0.2) is 61.2 Å². The molecule has 0 aliphatic carbocycles. The van der Waals surface area contributed by atoms with Gasteiger partial charge in [0.1, 0.15) is 6.10 Å². The molecule has 0 saturated carbocycles. The Morgan fingerprint density at radius 3 is 2.19 bits per heavy atom. The second-order valence-corrected chi connectivity index (χ2v) is 11.1. The van der Waals surface area contributed by atoms with Crippen LogP contribution in [-0.2, 0) is 14.8 Å². The van der Waals surface area contributed by atoms with Gasteiger partial charge in [-0.1, -0.05) is 60.7 Å². The third-order valence-corrected chi connectivity index (χ3v) is 7.60. The fourth-order valence-corrected chi connectivity index (χ4v) is 4.37. The molecule has 36 heavy (non-hydrogen) atoms. The summed E-state index contributed by atoms with van der Waals surface area (Å²) in [7, 11) is -1.69. The molecule has 8 heteroatoms. The Labute approximate surface area is 214 Å². The van der Waals surface area contributed by atoms with Gasteiger partial charge < -0.3 is 9.64 Å². The maximum absolute atomic E-state index is 12.6. The molecule has 0 N–H and O–H groups in total. The van der Waals surface area contributed by atoms with E-state index in [2.05, 4.69) is 17.1 Å². The van der Waals surface area contributed by atoms with Crippen LogP contribution < -0.4 is 0 Å². The predicted octanol–water partition coefficient (Wildman–Crippen LogP) is 5.30. The molecule has 192 valence electrons. The van der Waals surface area contributed by atoms with Crippen LogP contribution in [0.2, 0.25) is 0 Å². The maximum atomic E-state index is 12.6. The third-order valence-electron chi connectivity index (χ3n) is 6.28. The molecular weight excluding hydrogens is 474 g/mol. The molecule has 2 atom stereocenters. The van der Waals surface area contributed by atoms with Crippen LogP contribution >= 0.6 is 0 Å². The Hall–Kier alpha value is -3.23. The molecule has 1 amide bonds. The van der Waals surface area contributed by atoms with Crippen molar-refractivity contribution >= 4 is 16.1 Å². The van der Waals surface area contributed by atoms with E-state index in [0.29, 0.717) is 25.9 Å². The lowest BCUT2D eigenvalue weighted by atomic mass is 10.0. The lowest BCUT2D eigenvalue weighted by Gasteiger charge is -2.36. The van der Waals surface area contributed by atoms with E-state index >= 15 is 0 Å². The van der Waals surface area contributed by atoms with Gasteiger partial charge >= 0.3 is 6.09 Å². The van der Waals surface area contributed by atoms with Crippen LogP contribution in [0.4, 0.5) is 4.79 Å². The van der Waals surface area contributed by atoms with Gasteiger partial charge in [0.15, 0.2) is 0 Å². The number of aryl methyl sites for hydroxylation is 1. The normalized spacial score (nSPS) is 16.6. The molecule has 7 nitrogen and oxygen atoms in total. The van der Waals surface area contributed by atoms with Crippen LogP contribution in [0.5, 0.6) is 0 Å². The number of pyridine rings is 1. The van der Waals surface area contributed by atoms with Gasteiger partial charge in [0, 0.05) is 38.4 Å². The van der Waals surface area contributed by atoms with E-state index in [0.717, 1.165) is 22.4 Å². The second kappa shape index (κ2) is 12.6. The minimum absolute atomic E-state index is 0.106. The highest BCUT2D eigenvalue weighted by atomic mass is 32.2. The average molecular weight is 510 g/mol. The Balaban J connectivity index is 0.000000526. The fourth-order valence-electron chi connectivity index (χ4n) is 3.93. The molecule has 1 fully saturated rings. The van der Waals surface area contributed by atoms with Crippen molar-refractivity contribution in [3.63, 3.8) is 0 Å². The lowest BCUT2D eigenvalue weighted by Crippen LogP contribution is -2.44. The first-order valence-corrected chi connectivity index (χ1v) is 13.9. The number of nitrogens with zero attached hydrogens (tertiary/aromatic N) is 3. The van der Waals surface area contributed by atoms with Gasteiger partial charge in [-0.15, -0.1) is 0 Å². The number of rotatable bonds is 7. The summed E-state index contributed by atoms with van der Waals surface area (Å²) in [4.78, 5) is 18.5. The Bertz CT molecular complexity index is 1190. The summed E-state index contributed by atoms with van der Waals surface area (Å²) in [6.07, 6.45) is 3.54.